The number of carboxylic acids is 1. The Bertz CT molecular complexity index is 513. The SMILES string of the molecule is CN(CCS(C)(=O)=O)c1ccncc1C(=O)O. The fourth-order valence-corrected chi connectivity index (χ4v) is 1.91. The minimum atomic E-state index is -3.07. The summed E-state index contributed by atoms with van der Waals surface area (Å²) in [6, 6.07) is 1.55. The van der Waals surface area contributed by atoms with Gasteiger partial charge >= 0.3 is 5.97 Å². The molecule has 0 saturated carbocycles. The van der Waals surface area contributed by atoms with Crippen molar-refractivity contribution in [2.45, 2.75) is 0 Å². The first-order valence-electron chi connectivity index (χ1n) is 4.87. The Morgan fingerprint density at radius 3 is 2.71 bits per heavy atom. The normalized spacial score (nSPS) is 11.2. The van der Waals surface area contributed by atoms with Crippen molar-refractivity contribution in [3.8, 4) is 0 Å². The second-order valence-electron chi connectivity index (χ2n) is 3.75. The van der Waals surface area contributed by atoms with Gasteiger partial charge in [-0.3, -0.25) is 4.98 Å². The number of pyridine rings is 1. The lowest BCUT2D eigenvalue weighted by Gasteiger charge is -2.20. The van der Waals surface area contributed by atoms with E-state index in [1.807, 2.05) is 0 Å². The molecule has 0 bridgehead atoms. The topological polar surface area (TPSA) is 87.6 Å². The van der Waals surface area contributed by atoms with Gasteiger partial charge in [-0.15, -0.1) is 0 Å². The highest BCUT2D eigenvalue weighted by atomic mass is 32.2. The summed E-state index contributed by atoms with van der Waals surface area (Å²) < 4.78 is 22.1. The summed E-state index contributed by atoms with van der Waals surface area (Å²) in [4.78, 5) is 16.3. The van der Waals surface area contributed by atoms with Crippen LogP contribution in [0.25, 0.3) is 0 Å². The standard InChI is InChI=1S/C10H14N2O4S/c1-12(5-6-17(2,15)16)9-3-4-11-7-8(9)10(13)14/h3-4,7H,5-6H2,1-2H3,(H,13,14). The van der Waals surface area contributed by atoms with Gasteiger partial charge in [0.25, 0.3) is 0 Å². The third-order valence-electron chi connectivity index (χ3n) is 2.24. The van der Waals surface area contributed by atoms with Gasteiger partial charge in [0.1, 0.15) is 15.4 Å². The average Bonchev–Trinajstić information content (AvgIpc) is 2.25. The van der Waals surface area contributed by atoms with Gasteiger partial charge in [-0.05, 0) is 6.07 Å². The van der Waals surface area contributed by atoms with Crippen LogP contribution in [0.15, 0.2) is 18.5 Å². The summed E-state index contributed by atoms with van der Waals surface area (Å²) in [5.74, 6) is -1.11. The smallest absolute Gasteiger partial charge is 0.339 e. The Hall–Kier alpha value is -1.63. The minimum absolute atomic E-state index is 0.0229. The number of carboxylic acid groups (broad SMARTS) is 1. The van der Waals surface area contributed by atoms with Crippen LogP contribution in [0.2, 0.25) is 0 Å². The van der Waals surface area contributed by atoms with E-state index in [0.29, 0.717) is 5.69 Å². The van der Waals surface area contributed by atoms with Crippen molar-refractivity contribution in [2.75, 3.05) is 30.5 Å². The van der Waals surface area contributed by atoms with E-state index < -0.39 is 15.8 Å². The molecule has 0 aliphatic rings. The number of hydrogen-bond donors (Lipinski definition) is 1. The average molecular weight is 258 g/mol. The maximum absolute atomic E-state index is 11.0. The number of anilines is 1. The molecule has 1 aromatic heterocycles. The molecule has 1 N–H and O–H groups in total. The molecule has 0 saturated heterocycles. The quantitative estimate of drug-likeness (QED) is 0.815. The third kappa shape index (κ3) is 4.03. The molecular formula is C10H14N2O4S. The van der Waals surface area contributed by atoms with Crippen LogP contribution in [0.1, 0.15) is 10.4 Å². The molecule has 0 amide bonds. The Balaban J connectivity index is 2.89. The molecule has 0 atom stereocenters. The van der Waals surface area contributed by atoms with Crippen LogP contribution in [0.4, 0.5) is 5.69 Å². The zero-order valence-electron chi connectivity index (χ0n) is 9.62. The van der Waals surface area contributed by atoms with Crippen LogP contribution in [0, 0.1) is 0 Å². The molecule has 0 unspecified atom stereocenters. The molecule has 0 fully saturated rings. The van der Waals surface area contributed by atoms with Gasteiger partial charge in [-0.1, -0.05) is 0 Å². The van der Waals surface area contributed by atoms with Gasteiger partial charge in [-0.2, -0.15) is 0 Å². The molecule has 1 aromatic rings. The van der Waals surface area contributed by atoms with E-state index in [4.69, 9.17) is 5.11 Å². The van der Waals surface area contributed by atoms with Crippen molar-refractivity contribution in [1.29, 1.82) is 0 Å². The van der Waals surface area contributed by atoms with Crippen molar-refractivity contribution in [3.05, 3.63) is 24.0 Å². The largest absolute Gasteiger partial charge is 0.478 e. The van der Waals surface area contributed by atoms with E-state index in [0.717, 1.165) is 6.26 Å². The molecule has 1 heterocycles. The van der Waals surface area contributed by atoms with Crippen LogP contribution in [0.5, 0.6) is 0 Å². The van der Waals surface area contributed by atoms with Crippen molar-refractivity contribution in [3.63, 3.8) is 0 Å². The fraction of sp³-hybridized carbons (Fsp3) is 0.400. The van der Waals surface area contributed by atoms with Crippen LogP contribution in [-0.4, -0.2) is 50.1 Å². The van der Waals surface area contributed by atoms with Gasteiger partial charge in [0.2, 0.25) is 0 Å². The third-order valence-corrected chi connectivity index (χ3v) is 3.16. The highest BCUT2D eigenvalue weighted by Gasteiger charge is 2.14. The molecule has 0 aromatic carbocycles. The van der Waals surface area contributed by atoms with Crippen molar-refractivity contribution < 1.29 is 18.3 Å². The lowest BCUT2D eigenvalue weighted by molar-refractivity contribution is 0.0697. The van der Waals surface area contributed by atoms with Crippen molar-refractivity contribution >= 4 is 21.5 Å². The number of hydrogen-bond acceptors (Lipinski definition) is 5. The maximum Gasteiger partial charge on any atom is 0.339 e. The van der Waals surface area contributed by atoms with Gasteiger partial charge < -0.3 is 10.0 Å². The highest BCUT2D eigenvalue weighted by molar-refractivity contribution is 7.90. The maximum atomic E-state index is 11.0. The molecule has 0 spiro atoms. The molecular weight excluding hydrogens is 244 g/mol. The number of sulfone groups is 1. The molecule has 0 aliphatic carbocycles. The molecule has 0 aliphatic heterocycles. The van der Waals surface area contributed by atoms with Crippen molar-refractivity contribution in [2.24, 2.45) is 0 Å². The van der Waals surface area contributed by atoms with Crippen LogP contribution in [0.3, 0.4) is 0 Å². The van der Waals surface area contributed by atoms with Crippen molar-refractivity contribution in [1.82, 2.24) is 4.98 Å². The zero-order chi connectivity index (χ0) is 13.1. The minimum Gasteiger partial charge on any atom is -0.478 e. The predicted molar refractivity (Wildman–Crippen MR) is 64.2 cm³/mol. The molecule has 6 nitrogen and oxygen atoms in total. The fourth-order valence-electron chi connectivity index (χ4n) is 1.31. The second kappa shape index (κ2) is 5.13. The summed E-state index contributed by atoms with van der Waals surface area (Å²) in [6.45, 7) is 0.239. The first-order valence-corrected chi connectivity index (χ1v) is 6.93. The Labute approximate surface area is 99.8 Å². The number of rotatable bonds is 5. The van der Waals surface area contributed by atoms with E-state index >= 15 is 0 Å². The summed E-state index contributed by atoms with van der Waals surface area (Å²) in [7, 11) is -1.42. The number of aromatic carboxylic acids is 1. The number of nitrogens with zero attached hydrogens (tertiary/aromatic N) is 2. The summed E-state index contributed by atoms with van der Waals surface area (Å²) >= 11 is 0. The Morgan fingerprint density at radius 2 is 2.18 bits per heavy atom. The van der Waals surface area contributed by atoms with E-state index in [2.05, 4.69) is 4.98 Å². The summed E-state index contributed by atoms with van der Waals surface area (Å²) in [5, 5.41) is 8.96. The molecule has 0 radical (unpaired) electrons. The molecule has 7 heteroatoms. The van der Waals surface area contributed by atoms with Crippen LogP contribution in [-0.2, 0) is 9.84 Å². The lowest BCUT2D eigenvalue weighted by Crippen LogP contribution is -2.26. The monoisotopic (exact) mass is 258 g/mol. The van der Waals surface area contributed by atoms with E-state index in [-0.39, 0.29) is 17.9 Å². The number of carbonyl (C=O) groups is 1. The molecule has 94 valence electrons. The van der Waals surface area contributed by atoms with E-state index in [9.17, 15) is 13.2 Å². The highest BCUT2D eigenvalue weighted by Crippen LogP contribution is 2.17. The molecule has 17 heavy (non-hydrogen) atoms. The lowest BCUT2D eigenvalue weighted by atomic mass is 10.2. The summed E-state index contributed by atoms with van der Waals surface area (Å²) in [6.07, 6.45) is 3.86. The van der Waals surface area contributed by atoms with Crippen LogP contribution < -0.4 is 4.90 Å². The zero-order valence-corrected chi connectivity index (χ0v) is 10.4. The Morgan fingerprint density at radius 1 is 1.53 bits per heavy atom. The van der Waals surface area contributed by atoms with Crippen LogP contribution >= 0.6 is 0 Å². The first kappa shape index (κ1) is 13.4. The van der Waals surface area contributed by atoms with E-state index in [1.165, 1.54) is 12.4 Å². The van der Waals surface area contributed by atoms with Gasteiger partial charge in [0.15, 0.2) is 0 Å². The van der Waals surface area contributed by atoms with Gasteiger partial charge in [0.05, 0.1) is 11.4 Å². The Kier molecular flexibility index (Phi) is 4.06. The summed E-state index contributed by atoms with van der Waals surface area (Å²) in [5.41, 5.74) is 0.514. The molecule has 1 rings (SSSR count). The first-order chi connectivity index (χ1) is 7.81. The van der Waals surface area contributed by atoms with Gasteiger partial charge in [0, 0.05) is 32.2 Å². The predicted octanol–water partition coefficient (Wildman–Crippen LogP) is 0.261. The van der Waals surface area contributed by atoms with E-state index in [1.54, 1.807) is 18.0 Å². The number of aromatic nitrogens is 1. The second-order valence-corrected chi connectivity index (χ2v) is 6.01. The van der Waals surface area contributed by atoms with Gasteiger partial charge in [-0.25, -0.2) is 13.2 Å².